The summed E-state index contributed by atoms with van der Waals surface area (Å²) in [5.41, 5.74) is 1.69. The van der Waals surface area contributed by atoms with Crippen molar-refractivity contribution in [2.24, 2.45) is 0 Å². The van der Waals surface area contributed by atoms with E-state index in [0.29, 0.717) is 12.1 Å². The lowest BCUT2D eigenvalue weighted by Crippen LogP contribution is -2.38. The van der Waals surface area contributed by atoms with Crippen LogP contribution < -0.4 is 4.90 Å². The highest BCUT2D eigenvalue weighted by Crippen LogP contribution is 2.34. The molecule has 1 amide bonds. The minimum absolute atomic E-state index is 0. The van der Waals surface area contributed by atoms with Gasteiger partial charge in [0.15, 0.2) is 5.13 Å². The average molecular weight is 496 g/mol. The number of thiazole rings is 1. The number of rotatable bonds is 10. The number of halogens is 1. The van der Waals surface area contributed by atoms with Crippen molar-refractivity contribution < 1.29 is 4.79 Å². The Bertz CT molecular complexity index is 974. The quantitative estimate of drug-likeness (QED) is 0.298. The van der Waals surface area contributed by atoms with Crippen LogP contribution in [0.5, 0.6) is 0 Å². The fraction of sp³-hybridized carbons (Fsp3) is 0.391. The van der Waals surface area contributed by atoms with E-state index in [1.54, 1.807) is 34.9 Å². The number of carbonyl (C=O) groups excluding carboxylic acids is 1. The summed E-state index contributed by atoms with van der Waals surface area (Å²) in [4.78, 5) is 24.9. The third-order valence-electron chi connectivity index (χ3n) is 5.01. The molecule has 0 unspecified atom stereocenters. The SMILES string of the molecule is CCSc1ccc(C(=O)N(CCN(CC)CC)c2nc3c(SC)cccc3s2)cc1.Cl. The molecular formula is C23H30ClN3OS3. The number of hydrogen-bond acceptors (Lipinski definition) is 6. The first-order chi connectivity index (χ1) is 14.6. The number of nitrogens with zero attached hydrogens (tertiary/aromatic N) is 3. The molecule has 0 N–H and O–H groups in total. The summed E-state index contributed by atoms with van der Waals surface area (Å²) in [5, 5.41) is 0.774. The Labute approximate surface area is 204 Å². The van der Waals surface area contributed by atoms with Crippen molar-refractivity contribution in [3.8, 4) is 0 Å². The van der Waals surface area contributed by atoms with Crippen molar-refractivity contribution in [1.82, 2.24) is 9.88 Å². The molecule has 0 saturated heterocycles. The third kappa shape index (κ3) is 6.39. The number of carbonyl (C=O) groups is 1. The number of likely N-dealkylation sites (N-methyl/N-ethyl adjacent to an activating group) is 1. The van der Waals surface area contributed by atoms with Crippen LogP contribution in [-0.4, -0.2) is 54.0 Å². The Hall–Kier alpha value is -1.25. The van der Waals surface area contributed by atoms with E-state index in [4.69, 9.17) is 4.98 Å². The first-order valence-corrected chi connectivity index (χ1v) is 13.3. The molecule has 2 aromatic carbocycles. The predicted octanol–water partition coefficient (Wildman–Crippen LogP) is 6.54. The largest absolute Gasteiger partial charge is 0.302 e. The van der Waals surface area contributed by atoms with Crippen LogP contribution in [0, 0.1) is 0 Å². The summed E-state index contributed by atoms with van der Waals surface area (Å²) in [5.74, 6) is 1.03. The number of para-hydroxylation sites is 1. The normalized spacial score (nSPS) is 11.0. The molecule has 168 valence electrons. The van der Waals surface area contributed by atoms with Crippen LogP contribution in [-0.2, 0) is 0 Å². The van der Waals surface area contributed by atoms with E-state index in [9.17, 15) is 4.79 Å². The van der Waals surface area contributed by atoms with Crippen LogP contribution in [0.15, 0.2) is 52.3 Å². The van der Waals surface area contributed by atoms with E-state index >= 15 is 0 Å². The Kier molecular flexibility index (Phi) is 10.7. The maximum atomic E-state index is 13.5. The molecule has 0 spiro atoms. The highest BCUT2D eigenvalue weighted by molar-refractivity contribution is 7.99. The van der Waals surface area contributed by atoms with Crippen LogP contribution in [0.4, 0.5) is 5.13 Å². The fourth-order valence-corrected chi connectivity index (χ4v) is 5.58. The van der Waals surface area contributed by atoms with Gasteiger partial charge in [-0.05, 0) is 61.5 Å². The van der Waals surface area contributed by atoms with E-state index in [1.807, 2.05) is 29.2 Å². The van der Waals surface area contributed by atoms with Gasteiger partial charge in [0.05, 0.1) is 10.2 Å². The summed E-state index contributed by atoms with van der Waals surface area (Å²) < 4.78 is 1.12. The van der Waals surface area contributed by atoms with E-state index in [0.717, 1.165) is 45.6 Å². The molecule has 31 heavy (non-hydrogen) atoms. The van der Waals surface area contributed by atoms with Gasteiger partial charge in [-0.3, -0.25) is 9.69 Å². The first-order valence-electron chi connectivity index (χ1n) is 10.3. The summed E-state index contributed by atoms with van der Waals surface area (Å²) in [6.07, 6.45) is 2.06. The topological polar surface area (TPSA) is 36.4 Å². The maximum Gasteiger partial charge on any atom is 0.260 e. The second-order valence-corrected chi connectivity index (χ2v) is 9.94. The van der Waals surface area contributed by atoms with Gasteiger partial charge in [0.1, 0.15) is 0 Å². The molecule has 0 aliphatic rings. The molecule has 1 heterocycles. The predicted molar refractivity (Wildman–Crippen MR) is 141 cm³/mol. The van der Waals surface area contributed by atoms with Crippen LogP contribution in [0.2, 0.25) is 0 Å². The molecule has 0 fully saturated rings. The zero-order valence-electron chi connectivity index (χ0n) is 18.5. The smallest absolute Gasteiger partial charge is 0.260 e. The fourth-order valence-electron chi connectivity index (χ4n) is 3.27. The number of fused-ring (bicyclic) bond motifs is 1. The zero-order chi connectivity index (χ0) is 21.5. The summed E-state index contributed by atoms with van der Waals surface area (Å²) in [6.45, 7) is 9.84. The molecule has 8 heteroatoms. The van der Waals surface area contributed by atoms with Gasteiger partial charge in [-0.1, -0.05) is 38.2 Å². The number of amides is 1. The molecule has 0 aliphatic heterocycles. The van der Waals surface area contributed by atoms with Gasteiger partial charge in [-0.15, -0.1) is 35.9 Å². The molecule has 0 saturated carbocycles. The van der Waals surface area contributed by atoms with Crippen LogP contribution in [0.3, 0.4) is 0 Å². The number of anilines is 1. The van der Waals surface area contributed by atoms with E-state index in [-0.39, 0.29) is 18.3 Å². The Morgan fingerprint density at radius 3 is 2.35 bits per heavy atom. The highest BCUT2D eigenvalue weighted by atomic mass is 35.5. The van der Waals surface area contributed by atoms with E-state index < -0.39 is 0 Å². The van der Waals surface area contributed by atoms with Crippen LogP contribution >= 0.6 is 47.3 Å². The molecular weight excluding hydrogens is 466 g/mol. The molecule has 0 bridgehead atoms. The van der Waals surface area contributed by atoms with E-state index in [2.05, 4.69) is 50.1 Å². The summed E-state index contributed by atoms with van der Waals surface area (Å²) >= 11 is 5.07. The third-order valence-corrected chi connectivity index (χ3v) is 7.72. The number of thioether (sulfide) groups is 2. The molecule has 1 aromatic heterocycles. The molecule has 3 rings (SSSR count). The van der Waals surface area contributed by atoms with Gasteiger partial charge in [-0.25, -0.2) is 4.98 Å². The first kappa shape index (κ1) is 26.0. The van der Waals surface area contributed by atoms with Crippen molar-refractivity contribution >= 4 is 68.5 Å². The minimum Gasteiger partial charge on any atom is -0.302 e. The van der Waals surface area contributed by atoms with Gasteiger partial charge >= 0.3 is 0 Å². The number of benzene rings is 2. The second-order valence-electron chi connectivity index (χ2n) is 6.74. The second kappa shape index (κ2) is 12.7. The van der Waals surface area contributed by atoms with Gasteiger partial charge < -0.3 is 4.90 Å². The van der Waals surface area contributed by atoms with Crippen LogP contribution in [0.25, 0.3) is 10.2 Å². The van der Waals surface area contributed by atoms with Gasteiger partial charge in [-0.2, -0.15) is 0 Å². The monoisotopic (exact) mass is 495 g/mol. The standard InChI is InChI=1S/C23H29N3OS3.ClH/c1-5-25(6-2)15-16-26(22(27)17-11-13-18(14-12-17)29-7-3)23-24-21-19(28-4)9-8-10-20(21)30-23;/h8-14H,5-7,15-16H2,1-4H3;1H. The van der Waals surface area contributed by atoms with Crippen LogP contribution in [0.1, 0.15) is 31.1 Å². The molecule has 3 aromatic rings. The summed E-state index contributed by atoms with van der Waals surface area (Å²) in [7, 11) is 0. The zero-order valence-corrected chi connectivity index (χ0v) is 21.7. The van der Waals surface area contributed by atoms with Crippen molar-refractivity contribution in [2.45, 2.75) is 30.6 Å². The Morgan fingerprint density at radius 2 is 1.74 bits per heavy atom. The summed E-state index contributed by atoms with van der Waals surface area (Å²) in [6, 6.07) is 14.2. The highest BCUT2D eigenvalue weighted by Gasteiger charge is 2.22. The maximum absolute atomic E-state index is 13.5. The average Bonchev–Trinajstić information content (AvgIpc) is 3.21. The van der Waals surface area contributed by atoms with Crippen molar-refractivity contribution in [2.75, 3.05) is 43.1 Å². The lowest BCUT2D eigenvalue weighted by molar-refractivity contribution is 0.0983. The lowest BCUT2D eigenvalue weighted by Gasteiger charge is -2.24. The van der Waals surface area contributed by atoms with Crippen molar-refractivity contribution in [1.29, 1.82) is 0 Å². The van der Waals surface area contributed by atoms with Gasteiger partial charge in [0.2, 0.25) is 0 Å². The molecule has 0 radical (unpaired) electrons. The number of hydrogen-bond donors (Lipinski definition) is 0. The van der Waals surface area contributed by atoms with E-state index in [1.165, 1.54) is 4.90 Å². The van der Waals surface area contributed by atoms with Gasteiger partial charge in [0.25, 0.3) is 5.91 Å². The Balaban J connectivity index is 0.00000341. The van der Waals surface area contributed by atoms with Crippen molar-refractivity contribution in [3.63, 3.8) is 0 Å². The number of aromatic nitrogens is 1. The molecule has 0 aliphatic carbocycles. The molecule has 4 nitrogen and oxygen atoms in total. The Morgan fingerprint density at radius 1 is 1.03 bits per heavy atom. The van der Waals surface area contributed by atoms with Crippen molar-refractivity contribution in [3.05, 3.63) is 48.0 Å². The lowest BCUT2D eigenvalue weighted by atomic mass is 10.2. The minimum atomic E-state index is 0. The van der Waals surface area contributed by atoms with Gasteiger partial charge in [0, 0.05) is 28.4 Å². The molecule has 0 atom stereocenters.